The van der Waals surface area contributed by atoms with E-state index in [0.717, 1.165) is 31.2 Å². The topological polar surface area (TPSA) is 72.0 Å². The van der Waals surface area contributed by atoms with Crippen molar-refractivity contribution in [2.75, 3.05) is 6.61 Å². The fraction of sp³-hybridized carbons (Fsp3) is 0.500. The van der Waals surface area contributed by atoms with E-state index in [1.54, 1.807) is 12.4 Å². The first-order valence-electron chi connectivity index (χ1n) is 6.69. The molecule has 100 valence electrons. The Labute approximate surface area is 111 Å². The van der Waals surface area contributed by atoms with Gasteiger partial charge in [-0.25, -0.2) is 0 Å². The number of pyridine rings is 1. The van der Waals surface area contributed by atoms with Crippen molar-refractivity contribution >= 4 is 0 Å². The molecule has 0 saturated heterocycles. The lowest BCUT2D eigenvalue weighted by atomic mass is 9.74. The van der Waals surface area contributed by atoms with Crippen LogP contribution in [0.15, 0.2) is 29.0 Å². The average molecular weight is 259 g/mol. The summed E-state index contributed by atoms with van der Waals surface area (Å²) in [7, 11) is 0. The summed E-state index contributed by atoms with van der Waals surface area (Å²) < 4.78 is 5.41. The van der Waals surface area contributed by atoms with Gasteiger partial charge in [0.25, 0.3) is 0 Å². The smallest absolute Gasteiger partial charge is 0.235 e. The Hall–Kier alpha value is -1.75. The minimum Gasteiger partial charge on any atom is -0.395 e. The molecule has 0 spiro atoms. The summed E-state index contributed by atoms with van der Waals surface area (Å²) in [6.07, 6.45) is 8.67. The van der Waals surface area contributed by atoms with Crippen molar-refractivity contribution < 1.29 is 9.63 Å². The van der Waals surface area contributed by atoms with Gasteiger partial charge >= 0.3 is 0 Å². The van der Waals surface area contributed by atoms with Gasteiger partial charge in [0.2, 0.25) is 11.7 Å². The number of aliphatic hydroxyl groups excluding tert-OH is 1. The highest BCUT2D eigenvalue weighted by molar-refractivity contribution is 5.52. The van der Waals surface area contributed by atoms with Crippen LogP contribution in [0.2, 0.25) is 0 Å². The van der Waals surface area contributed by atoms with E-state index in [2.05, 4.69) is 15.1 Å². The van der Waals surface area contributed by atoms with Crippen LogP contribution in [0.5, 0.6) is 0 Å². The zero-order chi connectivity index (χ0) is 13.1. The maximum Gasteiger partial charge on any atom is 0.235 e. The molecule has 0 radical (unpaired) electrons. The zero-order valence-electron chi connectivity index (χ0n) is 10.7. The molecule has 2 aromatic rings. The largest absolute Gasteiger partial charge is 0.395 e. The van der Waals surface area contributed by atoms with Gasteiger partial charge in [-0.15, -0.1) is 0 Å². The Kier molecular flexibility index (Phi) is 3.29. The number of aliphatic hydroxyl groups is 1. The fourth-order valence-corrected chi connectivity index (χ4v) is 2.73. The maximum atomic E-state index is 9.74. The van der Waals surface area contributed by atoms with E-state index >= 15 is 0 Å². The summed E-state index contributed by atoms with van der Waals surface area (Å²) >= 11 is 0. The average Bonchev–Trinajstić information content (AvgIpc) is 2.99. The molecule has 0 aromatic carbocycles. The SMILES string of the molecule is OCC1(c2nc(-c3ccncc3)no2)CCCCC1. The summed E-state index contributed by atoms with van der Waals surface area (Å²) in [5, 5.41) is 13.8. The molecule has 5 nitrogen and oxygen atoms in total. The van der Waals surface area contributed by atoms with Crippen molar-refractivity contribution in [2.45, 2.75) is 37.5 Å². The van der Waals surface area contributed by atoms with Gasteiger partial charge < -0.3 is 9.63 Å². The van der Waals surface area contributed by atoms with Crippen molar-refractivity contribution in [3.05, 3.63) is 30.4 Å². The molecule has 3 rings (SSSR count). The van der Waals surface area contributed by atoms with E-state index in [1.807, 2.05) is 12.1 Å². The Balaban J connectivity index is 1.92. The van der Waals surface area contributed by atoms with Gasteiger partial charge in [0.05, 0.1) is 12.0 Å². The van der Waals surface area contributed by atoms with Crippen molar-refractivity contribution in [3.63, 3.8) is 0 Å². The predicted octanol–water partition coefficient (Wildman–Crippen LogP) is 2.33. The van der Waals surface area contributed by atoms with E-state index in [0.29, 0.717) is 11.7 Å². The van der Waals surface area contributed by atoms with Crippen LogP contribution >= 0.6 is 0 Å². The molecule has 1 saturated carbocycles. The number of hydrogen-bond acceptors (Lipinski definition) is 5. The Morgan fingerprint density at radius 3 is 2.58 bits per heavy atom. The lowest BCUT2D eigenvalue weighted by Crippen LogP contribution is -2.33. The zero-order valence-corrected chi connectivity index (χ0v) is 10.7. The number of hydrogen-bond donors (Lipinski definition) is 1. The molecule has 1 aliphatic carbocycles. The lowest BCUT2D eigenvalue weighted by molar-refractivity contribution is 0.118. The molecule has 0 atom stereocenters. The molecule has 1 aliphatic rings. The second-order valence-corrected chi connectivity index (χ2v) is 5.16. The van der Waals surface area contributed by atoms with Gasteiger partial charge in [-0.3, -0.25) is 4.98 Å². The van der Waals surface area contributed by atoms with Crippen LogP contribution in [-0.4, -0.2) is 26.8 Å². The standard InChI is InChI=1S/C14H17N3O2/c18-10-14(6-2-1-3-7-14)13-16-12(17-19-13)11-4-8-15-9-5-11/h4-5,8-9,18H,1-3,6-7,10H2. The van der Waals surface area contributed by atoms with Gasteiger partial charge in [0.1, 0.15) is 0 Å². The Morgan fingerprint density at radius 2 is 1.89 bits per heavy atom. The number of nitrogens with zero attached hydrogens (tertiary/aromatic N) is 3. The van der Waals surface area contributed by atoms with Gasteiger partial charge in [-0.05, 0) is 25.0 Å². The van der Waals surface area contributed by atoms with E-state index in [1.165, 1.54) is 6.42 Å². The third-order valence-electron chi connectivity index (χ3n) is 3.93. The van der Waals surface area contributed by atoms with E-state index < -0.39 is 0 Å². The first-order chi connectivity index (χ1) is 9.34. The van der Waals surface area contributed by atoms with Crippen LogP contribution in [0.25, 0.3) is 11.4 Å². The molecule has 1 fully saturated rings. The molecular weight excluding hydrogens is 242 g/mol. The van der Waals surface area contributed by atoms with Crippen LogP contribution in [0.4, 0.5) is 0 Å². The molecule has 0 aliphatic heterocycles. The van der Waals surface area contributed by atoms with Crippen molar-refractivity contribution in [3.8, 4) is 11.4 Å². The molecular formula is C14H17N3O2. The van der Waals surface area contributed by atoms with E-state index in [4.69, 9.17) is 4.52 Å². The monoisotopic (exact) mass is 259 g/mol. The Bertz CT molecular complexity index is 533. The van der Waals surface area contributed by atoms with Crippen LogP contribution in [0.1, 0.15) is 38.0 Å². The van der Waals surface area contributed by atoms with Gasteiger partial charge in [-0.2, -0.15) is 4.98 Å². The number of rotatable bonds is 3. The molecule has 1 N–H and O–H groups in total. The van der Waals surface area contributed by atoms with Crippen molar-refractivity contribution in [1.82, 2.24) is 15.1 Å². The van der Waals surface area contributed by atoms with E-state index in [9.17, 15) is 5.11 Å². The molecule has 2 aromatic heterocycles. The van der Waals surface area contributed by atoms with Crippen LogP contribution < -0.4 is 0 Å². The molecule has 0 bridgehead atoms. The van der Waals surface area contributed by atoms with Gasteiger partial charge in [0.15, 0.2) is 0 Å². The fourth-order valence-electron chi connectivity index (χ4n) is 2.73. The minimum atomic E-state index is -0.337. The summed E-state index contributed by atoms with van der Waals surface area (Å²) in [5.74, 6) is 1.14. The third kappa shape index (κ3) is 2.26. The molecule has 2 heterocycles. The van der Waals surface area contributed by atoms with Gasteiger partial charge in [0, 0.05) is 18.0 Å². The van der Waals surface area contributed by atoms with E-state index in [-0.39, 0.29) is 12.0 Å². The summed E-state index contributed by atoms with van der Waals surface area (Å²) in [6, 6.07) is 3.70. The Morgan fingerprint density at radius 1 is 1.16 bits per heavy atom. The minimum absolute atomic E-state index is 0.0744. The summed E-state index contributed by atoms with van der Waals surface area (Å²) in [5.41, 5.74) is 0.546. The highest BCUT2D eigenvalue weighted by Gasteiger charge is 2.38. The van der Waals surface area contributed by atoms with Gasteiger partial charge in [-0.1, -0.05) is 24.4 Å². The predicted molar refractivity (Wildman–Crippen MR) is 69.4 cm³/mol. The lowest BCUT2D eigenvalue weighted by Gasteiger charge is -2.31. The second-order valence-electron chi connectivity index (χ2n) is 5.16. The molecule has 19 heavy (non-hydrogen) atoms. The first-order valence-corrected chi connectivity index (χ1v) is 6.69. The van der Waals surface area contributed by atoms with Crippen molar-refractivity contribution in [1.29, 1.82) is 0 Å². The van der Waals surface area contributed by atoms with Crippen LogP contribution in [0, 0.1) is 0 Å². The third-order valence-corrected chi connectivity index (χ3v) is 3.93. The summed E-state index contributed by atoms with van der Waals surface area (Å²) in [6.45, 7) is 0.0744. The highest BCUT2D eigenvalue weighted by Crippen LogP contribution is 2.38. The second kappa shape index (κ2) is 5.09. The van der Waals surface area contributed by atoms with Crippen LogP contribution in [-0.2, 0) is 5.41 Å². The number of aromatic nitrogens is 3. The highest BCUT2D eigenvalue weighted by atomic mass is 16.5. The quantitative estimate of drug-likeness (QED) is 0.915. The maximum absolute atomic E-state index is 9.74. The first kappa shape index (κ1) is 12.3. The molecule has 0 unspecified atom stereocenters. The molecule has 0 amide bonds. The van der Waals surface area contributed by atoms with Crippen molar-refractivity contribution in [2.24, 2.45) is 0 Å². The molecule has 5 heteroatoms. The normalized spacial score (nSPS) is 18.4. The van der Waals surface area contributed by atoms with Crippen LogP contribution in [0.3, 0.4) is 0 Å². The summed E-state index contributed by atoms with van der Waals surface area (Å²) in [4.78, 5) is 8.45.